The number of hydrogen-bond acceptors (Lipinski definition) is 4. The fourth-order valence-electron chi connectivity index (χ4n) is 2.30. The number of alkyl halides is 2. The highest BCUT2D eigenvalue weighted by Gasteiger charge is 2.51. The van der Waals surface area contributed by atoms with E-state index in [1.54, 1.807) is 0 Å². The number of carbonyl (C=O) groups excluding carboxylic acids is 1. The highest BCUT2D eigenvalue weighted by Crippen LogP contribution is 2.31. The van der Waals surface area contributed by atoms with Gasteiger partial charge in [0.25, 0.3) is 0 Å². The zero-order valence-electron chi connectivity index (χ0n) is 8.99. The number of carbonyl (C=O) groups is 1. The van der Waals surface area contributed by atoms with Crippen LogP contribution in [0.15, 0.2) is 0 Å². The molecule has 2 fully saturated rings. The number of rotatable bonds is 2. The number of halogens is 2. The van der Waals surface area contributed by atoms with Gasteiger partial charge in [-0.2, -0.15) is 8.78 Å². The maximum Gasteiger partial charge on any atom is 0.377 e. The van der Waals surface area contributed by atoms with Crippen LogP contribution in [0.1, 0.15) is 19.3 Å². The van der Waals surface area contributed by atoms with E-state index in [0.717, 1.165) is 19.4 Å². The van der Waals surface area contributed by atoms with E-state index >= 15 is 0 Å². The molecule has 0 aromatic heterocycles. The Bertz CT molecular complexity index is 286. The minimum Gasteiger partial charge on any atom is -0.456 e. The second kappa shape index (κ2) is 4.25. The van der Waals surface area contributed by atoms with Crippen molar-refractivity contribution in [3.05, 3.63) is 0 Å². The average molecular weight is 234 g/mol. The summed E-state index contributed by atoms with van der Waals surface area (Å²) in [5.74, 6) is -4.69. The third kappa shape index (κ3) is 2.49. The Labute approximate surface area is 92.7 Å². The number of esters is 1. The Morgan fingerprint density at radius 2 is 2.31 bits per heavy atom. The Kier molecular flexibility index (Phi) is 3.12. The number of piperidine rings is 1. The third-order valence-electron chi connectivity index (χ3n) is 3.06. The van der Waals surface area contributed by atoms with Crippen LogP contribution in [0.25, 0.3) is 0 Å². The lowest BCUT2D eigenvalue weighted by Crippen LogP contribution is -2.45. The molecule has 0 saturated carbocycles. The summed E-state index contributed by atoms with van der Waals surface area (Å²) >= 11 is 0. The van der Waals surface area contributed by atoms with Crippen LogP contribution in [0.4, 0.5) is 8.78 Å². The van der Waals surface area contributed by atoms with Crippen molar-refractivity contribution in [1.29, 1.82) is 0 Å². The fraction of sp³-hybridized carbons (Fsp3) is 0.900. The number of hydrogen-bond donors (Lipinski definition) is 1. The first-order valence-corrected chi connectivity index (χ1v) is 5.54. The lowest BCUT2D eigenvalue weighted by molar-refractivity contribution is -0.159. The van der Waals surface area contributed by atoms with Crippen molar-refractivity contribution < 1.29 is 18.3 Å². The van der Waals surface area contributed by atoms with E-state index in [0.29, 0.717) is 13.1 Å². The highest BCUT2D eigenvalue weighted by molar-refractivity contribution is 5.79. The number of ether oxygens (including phenoxy) is 1. The van der Waals surface area contributed by atoms with Gasteiger partial charge >= 0.3 is 11.9 Å². The van der Waals surface area contributed by atoms with Crippen LogP contribution >= 0.6 is 0 Å². The maximum atomic E-state index is 12.9. The van der Waals surface area contributed by atoms with Crippen molar-refractivity contribution in [3.8, 4) is 0 Å². The predicted octanol–water partition coefficient (Wildman–Crippen LogP) is 0.360. The van der Waals surface area contributed by atoms with Crippen LogP contribution in [0.2, 0.25) is 0 Å². The summed E-state index contributed by atoms with van der Waals surface area (Å²) in [7, 11) is 0. The SMILES string of the molecule is NC1CCCN(CC2CC(F)(F)C(=O)O2)C1. The highest BCUT2D eigenvalue weighted by atomic mass is 19.3. The van der Waals surface area contributed by atoms with Crippen LogP contribution in [0, 0.1) is 0 Å². The van der Waals surface area contributed by atoms with Crippen LogP contribution in [0.5, 0.6) is 0 Å². The van der Waals surface area contributed by atoms with Gasteiger partial charge in [-0.1, -0.05) is 0 Å². The van der Waals surface area contributed by atoms with Crippen molar-refractivity contribution >= 4 is 5.97 Å². The number of likely N-dealkylation sites (tertiary alicyclic amines) is 1. The van der Waals surface area contributed by atoms with Gasteiger partial charge in [0.15, 0.2) is 0 Å². The Balaban J connectivity index is 1.85. The van der Waals surface area contributed by atoms with Gasteiger partial charge in [-0.15, -0.1) is 0 Å². The largest absolute Gasteiger partial charge is 0.456 e. The summed E-state index contributed by atoms with van der Waals surface area (Å²) < 4.78 is 30.4. The van der Waals surface area contributed by atoms with Gasteiger partial charge in [0.2, 0.25) is 0 Å². The van der Waals surface area contributed by atoms with Gasteiger partial charge in [-0.3, -0.25) is 4.90 Å². The Morgan fingerprint density at radius 1 is 1.56 bits per heavy atom. The molecule has 2 unspecified atom stereocenters. The molecule has 2 aliphatic rings. The quantitative estimate of drug-likeness (QED) is 0.701. The van der Waals surface area contributed by atoms with Gasteiger partial charge in [-0.05, 0) is 19.4 Å². The van der Waals surface area contributed by atoms with E-state index < -0.39 is 24.4 Å². The molecule has 0 radical (unpaired) electrons. The zero-order valence-corrected chi connectivity index (χ0v) is 8.99. The van der Waals surface area contributed by atoms with Crippen molar-refractivity contribution in [2.75, 3.05) is 19.6 Å². The van der Waals surface area contributed by atoms with E-state index in [9.17, 15) is 13.6 Å². The molecule has 2 rings (SSSR count). The van der Waals surface area contributed by atoms with Crippen LogP contribution in [-0.2, 0) is 9.53 Å². The number of cyclic esters (lactones) is 1. The van der Waals surface area contributed by atoms with Gasteiger partial charge < -0.3 is 10.5 Å². The molecule has 0 aromatic carbocycles. The van der Waals surface area contributed by atoms with Crippen molar-refractivity contribution in [2.45, 2.75) is 37.3 Å². The second-order valence-electron chi connectivity index (χ2n) is 4.60. The summed E-state index contributed by atoms with van der Waals surface area (Å²) in [6.45, 7) is 1.90. The minimum atomic E-state index is -3.30. The van der Waals surface area contributed by atoms with Gasteiger partial charge in [0, 0.05) is 19.1 Å². The third-order valence-corrected chi connectivity index (χ3v) is 3.06. The van der Waals surface area contributed by atoms with Crippen LogP contribution in [-0.4, -0.2) is 48.6 Å². The fourth-order valence-corrected chi connectivity index (χ4v) is 2.30. The predicted molar refractivity (Wildman–Crippen MR) is 53.1 cm³/mol. The van der Waals surface area contributed by atoms with E-state index in [1.165, 1.54) is 0 Å². The molecule has 2 N–H and O–H groups in total. The minimum absolute atomic E-state index is 0.103. The monoisotopic (exact) mass is 234 g/mol. The molecule has 2 heterocycles. The molecule has 2 aliphatic heterocycles. The Morgan fingerprint density at radius 3 is 2.88 bits per heavy atom. The van der Waals surface area contributed by atoms with E-state index in [4.69, 9.17) is 5.73 Å². The number of nitrogens with two attached hydrogens (primary N) is 1. The van der Waals surface area contributed by atoms with Crippen molar-refractivity contribution in [3.63, 3.8) is 0 Å². The molecular weight excluding hydrogens is 218 g/mol. The summed E-state index contributed by atoms with van der Waals surface area (Å²) in [6, 6.07) is 0.103. The van der Waals surface area contributed by atoms with Crippen LogP contribution < -0.4 is 5.73 Å². The first-order valence-electron chi connectivity index (χ1n) is 5.54. The molecule has 4 nitrogen and oxygen atoms in total. The smallest absolute Gasteiger partial charge is 0.377 e. The first-order chi connectivity index (χ1) is 7.47. The van der Waals surface area contributed by atoms with Crippen molar-refractivity contribution in [1.82, 2.24) is 4.90 Å². The van der Waals surface area contributed by atoms with E-state index in [1.807, 2.05) is 4.90 Å². The number of nitrogens with zero attached hydrogens (tertiary/aromatic N) is 1. The molecule has 0 spiro atoms. The standard InChI is InChI=1S/C10H16F2N2O2/c11-10(12)4-8(16-9(10)15)6-14-3-1-2-7(13)5-14/h7-8H,1-6,13H2. The molecular formula is C10H16F2N2O2. The van der Waals surface area contributed by atoms with Gasteiger partial charge in [-0.25, -0.2) is 4.79 Å². The summed E-state index contributed by atoms with van der Waals surface area (Å²) in [5.41, 5.74) is 5.78. The summed E-state index contributed by atoms with van der Waals surface area (Å²) in [4.78, 5) is 12.8. The summed E-state index contributed by atoms with van der Waals surface area (Å²) in [5, 5.41) is 0. The first kappa shape index (κ1) is 11.7. The zero-order chi connectivity index (χ0) is 11.8. The average Bonchev–Trinajstić information content (AvgIpc) is 2.40. The lowest BCUT2D eigenvalue weighted by Gasteiger charge is -2.31. The van der Waals surface area contributed by atoms with E-state index in [2.05, 4.69) is 4.74 Å². The molecule has 0 bridgehead atoms. The molecule has 6 heteroatoms. The second-order valence-corrected chi connectivity index (χ2v) is 4.60. The Hall–Kier alpha value is -0.750. The molecule has 92 valence electrons. The molecule has 0 amide bonds. The molecule has 16 heavy (non-hydrogen) atoms. The molecule has 2 atom stereocenters. The van der Waals surface area contributed by atoms with Gasteiger partial charge in [0.05, 0.1) is 6.42 Å². The topological polar surface area (TPSA) is 55.6 Å². The molecule has 0 aliphatic carbocycles. The lowest BCUT2D eigenvalue weighted by atomic mass is 10.1. The van der Waals surface area contributed by atoms with Crippen molar-refractivity contribution in [2.24, 2.45) is 5.73 Å². The molecule has 0 aromatic rings. The normalized spacial score (nSPS) is 35.1. The maximum absolute atomic E-state index is 12.9. The van der Waals surface area contributed by atoms with Crippen LogP contribution in [0.3, 0.4) is 0 Å². The molecule has 2 saturated heterocycles. The van der Waals surface area contributed by atoms with Gasteiger partial charge in [0.1, 0.15) is 6.10 Å². The van der Waals surface area contributed by atoms with E-state index in [-0.39, 0.29) is 6.04 Å². The summed E-state index contributed by atoms with van der Waals surface area (Å²) in [6.07, 6.45) is 0.750.